The number of benzene rings is 1. The molecule has 25 heavy (non-hydrogen) atoms. The van der Waals surface area contributed by atoms with Gasteiger partial charge < -0.3 is 10.2 Å². The lowest BCUT2D eigenvalue weighted by Gasteiger charge is -2.34. The smallest absolute Gasteiger partial charge is 0.270 e. The van der Waals surface area contributed by atoms with E-state index in [0.717, 1.165) is 10.4 Å². The van der Waals surface area contributed by atoms with Gasteiger partial charge in [0.1, 0.15) is 0 Å². The highest BCUT2D eigenvalue weighted by atomic mass is 35.5. The number of non-ortho nitro benzene ring substituents is 1. The van der Waals surface area contributed by atoms with Crippen LogP contribution in [0, 0.1) is 10.1 Å². The van der Waals surface area contributed by atoms with E-state index in [4.69, 9.17) is 0 Å². The molecule has 1 amide bonds. The molecule has 1 fully saturated rings. The molecular formula is C14H21ClN4O5S. The lowest BCUT2D eigenvalue weighted by atomic mass is 10.2. The number of nitrogens with zero attached hydrogens (tertiary/aromatic N) is 3. The maximum atomic E-state index is 12.5. The van der Waals surface area contributed by atoms with Crippen LogP contribution in [0.5, 0.6) is 0 Å². The number of nitro groups is 1. The van der Waals surface area contributed by atoms with Gasteiger partial charge in [0.05, 0.1) is 16.4 Å². The average molecular weight is 393 g/mol. The van der Waals surface area contributed by atoms with Crippen LogP contribution >= 0.6 is 12.4 Å². The van der Waals surface area contributed by atoms with Gasteiger partial charge in [-0.15, -0.1) is 12.4 Å². The Kier molecular flexibility index (Phi) is 7.29. The first kappa shape index (κ1) is 21.3. The Morgan fingerprint density at radius 3 is 2.76 bits per heavy atom. The number of piperazine rings is 1. The summed E-state index contributed by atoms with van der Waals surface area (Å²) < 4.78 is 26.0. The van der Waals surface area contributed by atoms with Gasteiger partial charge in [-0.1, -0.05) is 6.07 Å². The standard InChI is InChI=1S/C14H20N4O5S.ClH/c1-11-9-15-6-7-17(11)14(19)10-16(2)24(22,23)13-5-3-4-12(8-13)18(20)21;/h3-5,8,11,15H,6-7,9-10H2,1-2H3;1H/t11-;/m0./s1. The fourth-order valence-electron chi connectivity index (χ4n) is 2.52. The predicted octanol–water partition coefficient (Wildman–Crippen LogP) is 0.457. The lowest BCUT2D eigenvalue weighted by molar-refractivity contribution is -0.385. The molecule has 0 aliphatic carbocycles. The van der Waals surface area contributed by atoms with Crippen molar-refractivity contribution in [3.05, 3.63) is 34.4 Å². The van der Waals surface area contributed by atoms with Gasteiger partial charge >= 0.3 is 0 Å². The SMILES string of the molecule is C[C@H]1CNCCN1C(=O)CN(C)S(=O)(=O)c1cccc([N+](=O)[O-])c1.Cl. The Labute approximate surface area is 152 Å². The minimum atomic E-state index is -3.98. The maximum Gasteiger partial charge on any atom is 0.270 e. The van der Waals surface area contributed by atoms with Gasteiger partial charge in [-0.05, 0) is 13.0 Å². The largest absolute Gasteiger partial charge is 0.336 e. The molecule has 9 nitrogen and oxygen atoms in total. The van der Waals surface area contributed by atoms with E-state index in [-0.39, 0.29) is 41.5 Å². The molecular weight excluding hydrogens is 372 g/mol. The third kappa shape index (κ3) is 4.88. The maximum absolute atomic E-state index is 12.5. The van der Waals surface area contributed by atoms with E-state index in [2.05, 4.69) is 5.32 Å². The first-order chi connectivity index (χ1) is 11.2. The van der Waals surface area contributed by atoms with Crippen molar-refractivity contribution >= 4 is 34.0 Å². The molecule has 0 radical (unpaired) electrons. The molecule has 0 bridgehead atoms. The van der Waals surface area contributed by atoms with E-state index < -0.39 is 14.9 Å². The van der Waals surface area contributed by atoms with Crippen molar-refractivity contribution in [2.75, 3.05) is 33.2 Å². The van der Waals surface area contributed by atoms with Crippen LogP contribution in [0.1, 0.15) is 6.92 Å². The molecule has 1 N–H and O–H groups in total. The molecule has 1 atom stereocenters. The number of nitrogens with one attached hydrogen (secondary N) is 1. The summed E-state index contributed by atoms with van der Waals surface area (Å²) in [6.45, 7) is 3.42. The summed E-state index contributed by atoms with van der Waals surface area (Å²) in [6.07, 6.45) is 0. The second kappa shape index (κ2) is 8.56. The fraction of sp³-hybridized carbons (Fsp3) is 0.500. The first-order valence-electron chi connectivity index (χ1n) is 7.44. The van der Waals surface area contributed by atoms with E-state index in [1.54, 1.807) is 4.90 Å². The van der Waals surface area contributed by atoms with E-state index in [1.165, 1.54) is 25.2 Å². The molecule has 1 saturated heterocycles. The molecule has 0 spiro atoms. The van der Waals surface area contributed by atoms with Gasteiger partial charge in [0.15, 0.2) is 0 Å². The number of likely N-dealkylation sites (N-methyl/N-ethyl adjacent to an activating group) is 1. The normalized spacial score (nSPS) is 17.9. The van der Waals surface area contributed by atoms with Crippen molar-refractivity contribution in [1.82, 2.24) is 14.5 Å². The number of halogens is 1. The Morgan fingerprint density at radius 1 is 1.48 bits per heavy atom. The highest BCUT2D eigenvalue weighted by molar-refractivity contribution is 7.89. The van der Waals surface area contributed by atoms with Crippen molar-refractivity contribution in [1.29, 1.82) is 0 Å². The van der Waals surface area contributed by atoms with E-state index in [0.29, 0.717) is 19.6 Å². The molecule has 1 heterocycles. The minimum Gasteiger partial charge on any atom is -0.336 e. The number of nitro benzene ring substituents is 1. The number of carbonyl (C=O) groups is 1. The zero-order valence-electron chi connectivity index (χ0n) is 13.9. The number of carbonyl (C=O) groups excluding carboxylic acids is 1. The molecule has 0 aromatic heterocycles. The molecule has 1 aromatic carbocycles. The molecule has 2 rings (SSSR count). The fourth-order valence-corrected chi connectivity index (χ4v) is 3.68. The number of sulfonamides is 1. The average Bonchev–Trinajstić information content (AvgIpc) is 2.55. The van der Waals surface area contributed by atoms with Crippen LogP contribution in [-0.2, 0) is 14.8 Å². The van der Waals surface area contributed by atoms with Gasteiger partial charge in [-0.3, -0.25) is 14.9 Å². The topological polar surface area (TPSA) is 113 Å². The summed E-state index contributed by atoms with van der Waals surface area (Å²) in [7, 11) is -2.69. The number of rotatable bonds is 5. The predicted molar refractivity (Wildman–Crippen MR) is 94.2 cm³/mol. The van der Waals surface area contributed by atoms with Gasteiger partial charge in [0, 0.05) is 44.9 Å². The van der Waals surface area contributed by atoms with Crippen molar-refractivity contribution in [2.24, 2.45) is 0 Å². The Morgan fingerprint density at radius 2 is 2.16 bits per heavy atom. The second-order valence-electron chi connectivity index (χ2n) is 5.66. The quantitative estimate of drug-likeness (QED) is 0.575. The molecule has 1 aromatic rings. The molecule has 1 aliphatic rings. The van der Waals surface area contributed by atoms with Gasteiger partial charge in [0.2, 0.25) is 15.9 Å². The summed E-state index contributed by atoms with van der Waals surface area (Å²) in [5.74, 6) is -0.291. The van der Waals surface area contributed by atoms with E-state index in [1.807, 2.05) is 6.92 Å². The summed E-state index contributed by atoms with van der Waals surface area (Å²) in [4.78, 5) is 23.9. The summed E-state index contributed by atoms with van der Waals surface area (Å²) >= 11 is 0. The Hall–Kier alpha value is -1.75. The number of hydrogen-bond acceptors (Lipinski definition) is 6. The van der Waals surface area contributed by atoms with Crippen molar-refractivity contribution in [3.8, 4) is 0 Å². The number of amides is 1. The summed E-state index contributed by atoms with van der Waals surface area (Å²) in [5.41, 5.74) is -0.313. The van der Waals surface area contributed by atoms with Crippen LogP contribution in [-0.4, -0.2) is 67.7 Å². The Balaban J connectivity index is 0.00000312. The minimum absolute atomic E-state index is 0. The summed E-state index contributed by atoms with van der Waals surface area (Å²) in [6, 6.07) is 4.77. The lowest BCUT2D eigenvalue weighted by Crippen LogP contribution is -2.54. The van der Waals surface area contributed by atoms with Gasteiger partial charge in [-0.2, -0.15) is 4.31 Å². The summed E-state index contributed by atoms with van der Waals surface area (Å²) in [5, 5.41) is 14.0. The molecule has 1 aliphatic heterocycles. The van der Waals surface area contributed by atoms with Crippen LogP contribution in [0.4, 0.5) is 5.69 Å². The zero-order chi connectivity index (χ0) is 17.9. The highest BCUT2D eigenvalue weighted by Gasteiger charge is 2.29. The van der Waals surface area contributed by atoms with E-state index in [9.17, 15) is 23.3 Å². The molecule has 140 valence electrons. The van der Waals surface area contributed by atoms with Crippen molar-refractivity contribution < 1.29 is 18.1 Å². The highest BCUT2D eigenvalue weighted by Crippen LogP contribution is 2.20. The third-order valence-corrected chi connectivity index (χ3v) is 5.72. The second-order valence-corrected chi connectivity index (χ2v) is 7.70. The van der Waals surface area contributed by atoms with Crippen LogP contribution in [0.25, 0.3) is 0 Å². The zero-order valence-corrected chi connectivity index (χ0v) is 15.5. The van der Waals surface area contributed by atoms with Crippen molar-refractivity contribution in [2.45, 2.75) is 17.9 Å². The van der Waals surface area contributed by atoms with Gasteiger partial charge in [-0.25, -0.2) is 8.42 Å². The van der Waals surface area contributed by atoms with E-state index >= 15 is 0 Å². The first-order valence-corrected chi connectivity index (χ1v) is 8.88. The monoisotopic (exact) mass is 392 g/mol. The Bertz CT molecular complexity index is 742. The number of hydrogen-bond donors (Lipinski definition) is 1. The van der Waals surface area contributed by atoms with Crippen molar-refractivity contribution in [3.63, 3.8) is 0 Å². The third-order valence-electron chi connectivity index (χ3n) is 3.92. The van der Waals surface area contributed by atoms with Crippen LogP contribution in [0.2, 0.25) is 0 Å². The molecule has 0 unspecified atom stereocenters. The molecule has 0 saturated carbocycles. The van der Waals surface area contributed by atoms with Crippen LogP contribution < -0.4 is 5.32 Å². The molecule has 11 heteroatoms. The van der Waals surface area contributed by atoms with Gasteiger partial charge in [0.25, 0.3) is 5.69 Å². The van der Waals surface area contributed by atoms with Crippen LogP contribution in [0.15, 0.2) is 29.2 Å². The van der Waals surface area contributed by atoms with Crippen LogP contribution in [0.3, 0.4) is 0 Å².